The van der Waals surface area contributed by atoms with Gasteiger partial charge in [0, 0.05) is 30.2 Å². The first kappa shape index (κ1) is 15.0. The molecular weight excluding hydrogens is 274 g/mol. The summed E-state index contributed by atoms with van der Waals surface area (Å²) in [5.74, 6) is 0.135. The summed E-state index contributed by atoms with van der Waals surface area (Å²) in [7, 11) is -3.06. The minimum absolute atomic E-state index is 0.135. The average Bonchev–Trinajstić information content (AvgIpc) is 2.91. The quantitative estimate of drug-likeness (QED) is 0.647. The van der Waals surface area contributed by atoms with Crippen LogP contribution in [0.5, 0.6) is 0 Å². The summed E-state index contributed by atoms with van der Waals surface area (Å²) >= 11 is 0. The molecule has 0 saturated carbocycles. The van der Waals surface area contributed by atoms with Crippen molar-refractivity contribution in [3.63, 3.8) is 0 Å². The molecule has 3 N–H and O–H groups in total. The van der Waals surface area contributed by atoms with Crippen LogP contribution < -0.4 is 10.0 Å². The van der Waals surface area contributed by atoms with Crippen molar-refractivity contribution in [1.29, 1.82) is 0 Å². The highest BCUT2D eigenvalue weighted by atomic mass is 32.2. The largest absolute Gasteiger partial charge is 0.361 e. The number of rotatable bonds is 8. The number of benzene rings is 1. The van der Waals surface area contributed by atoms with Crippen LogP contribution in [-0.2, 0) is 16.6 Å². The predicted octanol–water partition coefficient (Wildman–Crippen LogP) is 1.59. The molecule has 20 heavy (non-hydrogen) atoms. The van der Waals surface area contributed by atoms with Crippen LogP contribution >= 0.6 is 0 Å². The molecule has 0 aliphatic rings. The summed E-state index contributed by atoms with van der Waals surface area (Å²) in [6, 6.07) is 8.26. The maximum Gasteiger partial charge on any atom is 0.211 e. The first-order valence-electron chi connectivity index (χ1n) is 6.85. The van der Waals surface area contributed by atoms with Crippen LogP contribution in [0.15, 0.2) is 30.5 Å². The van der Waals surface area contributed by atoms with Gasteiger partial charge in [0.05, 0.1) is 5.75 Å². The van der Waals surface area contributed by atoms with E-state index < -0.39 is 10.0 Å². The topological polar surface area (TPSA) is 74.0 Å². The summed E-state index contributed by atoms with van der Waals surface area (Å²) < 4.78 is 25.0. The number of sulfonamides is 1. The Morgan fingerprint density at radius 2 is 2.05 bits per heavy atom. The minimum atomic E-state index is -3.06. The van der Waals surface area contributed by atoms with Gasteiger partial charge in [-0.05, 0) is 37.6 Å². The Balaban J connectivity index is 1.73. The molecule has 0 bridgehead atoms. The Morgan fingerprint density at radius 3 is 2.85 bits per heavy atom. The maximum atomic E-state index is 11.2. The highest BCUT2D eigenvalue weighted by molar-refractivity contribution is 7.89. The molecule has 0 atom stereocenters. The van der Waals surface area contributed by atoms with Gasteiger partial charge >= 0.3 is 0 Å². The van der Waals surface area contributed by atoms with Crippen LogP contribution in [0.25, 0.3) is 10.9 Å². The lowest BCUT2D eigenvalue weighted by atomic mass is 10.1. The third-order valence-corrected chi connectivity index (χ3v) is 4.64. The second-order valence-corrected chi connectivity index (χ2v) is 6.78. The number of fused-ring (bicyclic) bond motifs is 1. The highest BCUT2D eigenvalue weighted by Gasteiger charge is 2.04. The molecule has 0 aliphatic heterocycles. The van der Waals surface area contributed by atoms with E-state index in [-0.39, 0.29) is 5.75 Å². The first-order chi connectivity index (χ1) is 9.62. The van der Waals surface area contributed by atoms with Crippen LogP contribution in [0.4, 0.5) is 0 Å². The van der Waals surface area contributed by atoms with Gasteiger partial charge in [0.25, 0.3) is 0 Å². The van der Waals surface area contributed by atoms with Gasteiger partial charge in [-0.25, -0.2) is 13.1 Å². The molecule has 1 aromatic carbocycles. The number of hydrogen-bond acceptors (Lipinski definition) is 3. The second kappa shape index (κ2) is 6.88. The fourth-order valence-electron chi connectivity index (χ4n) is 2.07. The van der Waals surface area contributed by atoms with Crippen molar-refractivity contribution >= 4 is 20.9 Å². The molecule has 2 aromatic rings. The van der Waals surface area contributed by atoms with E-state index in [0.29, 0.717) is 6.54 Å². The fraction of sp³-hybridized carbons (Fsp3) is 0.429. The Morgan fingerprint density at radius 1 is 1.20 bits per heavy atom. The van der Waals surface area contributed by atoms with Gasteiger partial charge in [0.2, 0.25) is 10.0 Å². The van der Waals surface area contributed by atoms with E-state index in [4.69, 9.17) is 0 Å². The lowest BCUT2D eigenvalue weighted by Gasteiger charge is -2.07. The molecule has 0 radical (unpaired) electrons. The van der Waals surface area contributed by atoms with Gasteiger partial charge in [-0.1, -0.05) is 12.1 Å². The van der Waals surface area contributed by atoms with Gasteiger partial charge in [0.1, 0.15) is 0 Å². The summed E-state index contributed by atoms with van der Waals surface area (Å²) in [5, 5.41) is 4.57. The van der Waals surface area contributed by atoms with Crippen LogP contribution in [-0.4, -0.2) is 32.2 Å². The molecule has 0 unspecified atom stereocenters. The summed E-state index contributed by atoms with van der Waals surface area (Å²) in [4.78, 5) is 3.19. The zero-order chi connectivity index (χ0) is 14.4. The van der Waals surface area contributed by atoms with E-state index in [9.17, 15) is 8.42 Å². The molecule has 6 heteroatoms. The van der Waals surface area contributed by atoms with Crippen molar-refractivity contribution in [2.24, 2.45) is 0 Å². The van der Waals surface area contributed by atoms with Gasteiger partial charge in [-0.3, -0.25) is 0 Å². The molecule has 1 aromatic heterocycles. The van der Waals surface area contributed by atoms with Crippen LogP contribution in [0.1, 0.15) is 18.9 Å². The summed E-state index contributed by atoms with van der Waals surface area (Å²) in [5.41, 5.74) is 2.39. The fourth-order valence-corrected chi connectivity index (χ4v) is 2.73. The van der Waals surface area contributed by atoms with E-state index in [1.165, 1.54) is 10.9 Å². The first-order valence-corrected chi connectivity index (χ1v) is 8.50. The Kier molecular flexibility index (Phi) is 5.17. The van der Waals surface area contributed by atoms with E-state index in [2.05, 4.69) is 33.2 Å². The number of nitrogens with one attached hydrogen (secondary N) is 3. The van der Waals surface area contributed by atoms with Crippen LogP contribution in [0.2, 0.25) is 0 Å². The number of hydrogen-bond donors (Lipinski definition) is 3. The van der Waals surface area contributed by atoms with Crippen molar-refractivity contribution in [3.05, 3.63) is 36.0 Å². The number of H-pyrrole nitrogens is 1. The number of aromatic nitrogens is 1. The minimum Gasteiger partial charge on any atom is -0.361 e. The maximum absolute atomic E-state index is 11.2. The van der Waals surface area contributed by atoms with E-state index in [1.807, 2.05) is 12.3 Å². The standard InChI is InChI=1S/C14H21N3O2S/c1-2-20(18,19)17-9-4-8-15-11-12-5-3-6-14-13(12)7-10-16-14/h3,5-7,10,15-17H,2,4,8-9,11H2,1H3. The van der Waals surface area contributed by atoms with E-state index in [1.54, 1.807) is 6.92 Å². The molecule has 0 spiro atoms. The van der Waals surface area contributed by atoms with Crippen molar-refractivity contribution in [2.45, 2.75) is 19.9 Å². The lowest BCUT2D eigenvalue weighted by Crippen LogP contribution is -2.28. The van der Waals surface area contributed by atoms with Crippen molar-refractivity contribution in [2.75, 3.05) is 18.8 Å². The summed E-state index contributed by atoms with van der Waals surface area (Å²) in [6.07, 6.45) is 2.72. The molecule has 0 fully saturated rings. The normalized spacial score (nSPS) is 12.1. The van der Waals surface area contributed by atoms with Gasteiger partial charge in [-0.15, -0.1) is 0 Å². The molecule has 1 heterocycles. The average molecular weight is 295 g/mol. The monoisotopic (exact) mass is 295 g/mol. The van der Waals surface area contributed by atoms with Gasteiger partial charge < -0.3 is 10.3 Å². The molecule has 110 valence electrons. The highest BCUT2D eigenvalue weighted by Crippen LogP contribution is 2.16. The van der Waals surface area contributed by atoms with Crippen LogP contribution in [0.3, 0.4) is 0 Å². The van der Waals surface area contributed by atoms with Crippen molar-refractivity contribution in [1.82, 2.24) is 15.0 Å². The second-order valence-electron chi connectivity index (χ2n) is 4.68. The Bertz CT molecular complexity index is 649. The SMILES string of the molecule is CCS(=O)(=O)NCCCNCc1cccc2[nH]ccc12. The van der Waals surface area contributed by atoms with E-state index in [0.717, 1.165) is 25.0 Å². The molecule has 2 rings (SSSR count). The molecule has 5 nitrogen and oxygen atoms in total. The smallest absolute Gasteiger partial charge is 0.211 e. The molecule has 0 aliphatic carbocycles. The molecular formula is C14H21N3O2S. The van der Waals surface area contributed by atoms with Crippen molar-refractivity contribution < 1.29 is 8.42 Å². The number of aromatic amines is 1. The van der Waals surface area contributed by atoms with Gasteiger partial charge in [-0.2, -0.15) is 0 Å². The lowest BCUT2D eigenvalue weighted by molar-refractivity contribution is 0.575. The zero-order valence-electron chi connectivity index (χ0n) is 11.6. The third kappa shape index (κ3) is 4.06. The summed E-state index contributed by atoms with van der Waals surface area (Å²) in [6.45, 7) is 3.69. The Labute approximate surface area is 119 Å². The zero-order valence-corrected chi connectivity index (χ0v) is 12.5. The predicted molar refractivity (Wildman–Crippen MR) is 82.1 cm³/mol. The van der Waals surface area contributed by atoms with Crippen molar-refractivity contribution in [3.8, 4) is 0 Å². The molecule has 0 amide bonds. The Hall–Kier alpha value is -1.37. The van der Waals surface area contributed by atoms with Crippen LogP contribution in [0, 0.1) is 0 Å². The third-order valence-electron chi connectivity index (χ3n) is 3.23. The van der Waals surface area contributed by atoms with E-state index >= 15 is 0 Å². The molecule has 0 saturated heterocycles. The van der Waals surface area contributed by atoms with Gasteiger partial charge in [0.15, 0.2) is 0 Å².